The minimum absolute atomic E-state index is 0.306. The molecule has 0 radical (unpaired) electrons. The van der Waals surface area contributed by atoms with E-state index in [2.05, 4.69) is 25.2 Å². The molecule has 0 rings (SSSR count). The van der Waals surface area contributed by atoms with Crippen LogP contribution in [0.2, 0.25) is 0 Å². The Morgan fingerprint density at radius 1 is 1.50 bits per heavy atom. The van der Waals surface area contributed by atoms with E-state index in [0.717, 1.165) is 6.42 Å². The van der Waals surface area contributed by atoms with Crippen molar-refractivity contribution >= 4 is 5.97 Å². The van der Waals surface area contributed by atoms with Crippen LogP contribution in [0.4, 0.5) is 0 Å². The summed E-state index contributed by atoms with van der Waals surface area (Å²) >= 11 is 0. The maximum absolute atomic E-state index is 11.4. The topological polar surface area (TPSA) is 29.5 Å². The fourth-order valence-electron chi connectivity index (χ4n) is 1.06. The van der Waals surface area contributed by atoms with Crippen molar-refractivity contribution < 1.29 is 9.53 Å². The third-order valence-electron chi connectivity index (χ3n) is 2.30. The lowest BCUT2D eigenvalue weighted by Crippen LogP contribution is -2.32. The van der Waals surface area contributed by atoms with Crippen LogP contribution in [0.15, 0.2) is 24.4 Å². The van der Waals surface area contributed by atoms with Gasteiger partial charge in [0.15, 0.2) is 0 Å². The normalized spacial score (nSPS) is 12.0. The molecule has 0 bridgehead atoms. The Morgan fingerprint density at radius 3 is 2.31 bits per heavy atom. The quantitative estimate of drug-likeness (QED) is 0.411. The second-order valence-corrected chi connectivity index (χ2v) is 3.15. The number of carbonyl (C=O) groups is 1. The summed E-state index contributed by atoms with van der Waals surface area (Å²) in [7, 11) is 3.25. The van der Waals surface area contributed by atoms with E-state index in [1.807, 2.05) is 25.8 Å². The molecule has 0 aliphatic heterocycles. The number of methoxy groups -OCH3 is 1. The highest BCUT2D eigenvalue weighted by Gasteiger charge is 2.17. The molecule has 1 atom stereocenters. The Labute approximate surface area is 99.8 Å². The van der Waals surface area contributed by atoms with Crippen LogP contribution in [0.25, 0.3) is 0 Å². The summed E-state index contributed by atoms with van der Waals surface area (Å²) in [6.45, 7) is 11.7. The van der Waals surface area contributed by atoms with Gasteiger partial charge in [0.05, 0.1) is 7.11 Å². The van der Waals surface area contributed by atoms with Crippen molar-refractivity contribution in [3.63, 3.8) is 0 Å². The van der Waals surface area contributed by atoms with Crippen LogP contribution in [-0.4, -0.2) is 31.1 Å². The lowest BCUT2D eigenvalue weighted by molar-refractivity contribution is -0.138. The summed E-state index contributed by atoms with van der Waals surface area (Å²) in [4.78, 5) is 13.3. The number of ether oxygens (including phenoxy) is 1. The molecule has 0 fully saturated rings. The largest absolute Gasteiger partial charge is 0.464 e. The molecule has 1 unspecified atom stereocenters. The fourth-order valence-corrected chi connectivity index (χ4v) is 1.06. The van der Waals surface area contributed by atoms with E-state index in [4.69, 9.17) is 0 Å². The molecule has 0 N–H and O–H groups in total. The molecular formula is C13H25NO2. The molecule has 0 aliphatic carbocycles. The Hall–Kier alpha value is -1.25. The van der Waals surface area contributed by atoms with Crippen LogP contribution < -0.4 is 0 Å². The molecule has 0 aromatic heterocycles. The molecule has 0 amide bonds. The first kappa shape index (κ1) is 17.2. The molecule has 0 saturated heterocycles. The van der Waals surface area contributed by atoms with E-state index in [-0.39, 0.29) is 5.97 Å². The highest BCUT2D eigenvalue weighted by Crippen LogP contribution is 2.10. The second-order valence-electron chi connectivity index (χ2n) is 3.15. The van der Waals surface area contributed by atoms with Crippen LogP contribution in [0.5, 0.6) is 0 Å². The predicted molar refractivity (Wildman–Crippen MR) is 69.2 cm³/mol. The Bertz CT molecular complexity index is 234. The first-order valence-corrected chi connectivity index (χ1v) is 5.72. The lowest BCUT2D eigenvalue weighted by Gasteiger charge is -2.26. The van der Waals surface area contributed by atoms with Crippen molar-refractivity contribution in [2.24, 2.45) is 0 Å². The molecular weight excluding hydrogens is 202 g/mol. The minimum Gasteiger partial charge on any atom is -0.464 e. The molecule has 0 aromatic carbocycles. The maximum atomic E-state index is 11.4. The molecule has 3 nitrogen and oxygen atoms in total. The molecule has 0 saturated carbocycles. The summed E-state index contributed by atoms with van der Waals surface area (Å²) in [5.74, 6) is -0.326. The zero-order valence-electron chi connectivity index (χ0n) is 11.4. The van der Waals surface area contributed by atoms with Gasteiger partial charge in [0.2, 0.25) is 0 Å². The van der Waals surface area contributed by atoms with Crippen LogP contribution in [0, 0.1) is 0 Å². The van der Waals surface area contributed by atoms with Crippen LogP contribution in [0.1, 0.15) is 34.1 Å². The van der Waals surface area contributed by atoms with Crippen LogP contribution in [0.3, 0.4) is 0 Å². The summed E-state index contributed by atoms with van der Waals surface area (Å²) in [5.41, 5.74) is 0.539. The standard InChI is InChI=1S/C11H19NO2.C2H6/c1-6-8-10(11(13)14-5)12(4)9(3)7-2;1-2/h6,8-9H,1,7H2,2-5H3;1-2H3/b10-8-;. The Morgan fingerprint density at radius 2 is 2.00 bits per heavy atom. The van der Waals surface area contributed by atoms with Crippen molar-refractivity contribution in [3.05, 3.63) is 24.4 Å². The van der Waals surface area contributed by atoms with Crippen LogP contribution in [-0.2, 0) is 9.53 Å². The Balaban J connectivity index is 0. The summed E-state index contributed by atoms with van der Waals surface area (Å²) in [5, 5.41) is 0. The summed E-state index contributed by atoms with van der Waals surface area (Å²) < 4.78 is 4.68. The molecule has 3 heteroatoms. The number of rotatable bonds is 5. The highest BCUT2D eigenvalue weighted by atomic mass is 16.5. The molecule has 94 valence electrons. The molecule has 0 aromatic rings. The number of allylic oxidation sites excluding steroid dienone is 2. The number of likely N-dealkylation sites (N-methyl/N-ethyl adjacent to an activating group) is 1. The average Bonchev–Trinajstić information content (AvgIpc) is 2.35. The van der Waals surface area contributed by atoms with Gasteiger partial charge >= 0.3 is 5.97 Å². The van der Waals surface area contributed by atoms with Gasteiger partial charge in [-0.2, -0.15) is 0 Å². The SMILES string of the molecule is C=C/C=C(/C(=O)OC)N(C)C(C)CC.CC. The molecule has 0 aliphatic rings. The monoisotopic (exact) mass is 227 g/mol. The van der Waals surface area contributed by atoms with Crippen molar-refractivity contribution in [3.8, 4) is 0 Å². The second kappa shape index (κ2) is 10.3. The van der Waals surface area contributed by atoms with Gasteiger partial charge in [-0.3, -0.25) is 0 Å². The third-order valence-corrected chi connectivity index (χ3v) is 2.30. The lowest BCUT2D eigenvalue weighted by atomic mass is 10.2. The van der Waals surface area contributed by atoms with Crippen molar-refractivity contribution in [2.75, 3.05) is 14.2 Å². The number of hydrogen-bond acceptors (Lipinski definition) is 3. The van der Waals surface area contributed by atoms with E-state index in [9.17, 15) is 4.79 Å². The summed E-state index contributed by atoms with van der Waals surface area (Å²) in [6, 6.07) is 0.306. The first-order chi connectivity index (χ1) is 7.58. The maximum Gasteiger partial charge on any atom is 0.354 e. The van der Waals surface area contributed by atoms with Gasteiger partial charge in [-0.05, 0) is 19.4 Å². The van der Waals surface area contributed by atoms with E-state index in [1.165, 1.54) is 7.11 Å². The molecule has 0 spiro atoms. The average molecular weight is 227 g/mol. The zero-order valence-corrected chi connectivity index (χ0v) is 11.4. The van der Waals surface area contributed by atoms with Gasteiger partial charge in [-0.15, -0.1) is 0 Å². The third kappa shape index (κ3) is 5.59. The van der Waals surface area contributed by atoms with Crippen LogP contribution >= 0.6 is 0 Å². The van der Waals surface area contributed by atoms with E-state index >= 15 is 0 Å². The zero-order chi connectivity index (χ0) is 13.1. The molecule has 0 heterocycles. The van der Waals surface area contributed by atoms with E-state index in [1.54, 1.807) is 12.2 Å². The van der Waals surface area contributed by atoms with E-state index in [0.29, 0.717) is 11.7 Å². The van der Waals surface area contributed by atoms with Gasteiger partial charge in [0.25, 0.3) is 0 Å². The Kier molecular flexibility index (Phi) is 11.0. The van der Waals surface area contributed by atoms with Gasteiger partial charge in [0.1, 0.15) is 5.70 Å². The van der Waals surface area contributed by atoms with Gasteiger partial charge < -0.3 is 9.64 Å². The smallest absolute Gasteiger partial charge is 0.354 e. The van der Waals surface area contributed by atoms with E-state index < -0.39 is 0 Å². The number of carbonyl (C=O) groups excluding carboxylic acids is 1. The number of esters is 1. The van der Waals surface area contributed by atoms with Gasteiger partial charge in [0, 0.05) is 13.1 Å². The van der Waals surface area contributed by atoms with Crippen molar-refractivity contribution in [2.45, 2.75) is 40.2 Å². The molecule has 16 heavy (non-hydrogen) atoms. The highest BCUT2D eigenvalue weighted by molar-refractivity contribution is 5.88. The predicted octanol–water partition coefficient (Wildman–Crippen LogP) is 2.99. The number of hydrogen-bond donors (Lipinski definition) is 0. The van der Waals surface area contributed by atoms with Crippen molar-refractivity contribution in [1.82, 2.24) is 4.90 Å². The minimum atomic E-state index is -0.326. The number of nitrogens with zero attached hydrogens (tertiary/aromatic N) is 1. The van der Waals surface area contributed by atoms with Gasteiger partial charge in [-0.25, -0.2) is 4.79 Å². The summed E-state index contributed by atoms with van der Waals surface area (Å²) in [6.07, 6.45) is 4.23. The van der Waals surface area contributed by atoms with Crippen molar-refractivity contribution in [1.29, 1.82) is 0 Å². The first-order valence-electron chi connectivity index (χ1n) is 5.72. The fraction of sp³-hybridized carbons (Fsp3) is 0.615. The van der Waals surface area contributed by atoms with Gasteiger partial charge in [-0.1, -0.05) is 33.4 Å².